The third-order valence-electron chi connectivity index (χ3n) is 10.6. The Morgan fingerprint density at radius 3 is 0.630 bits per heavy atom. The van der Waals surface area contributed by atoms with Gasteiger partial charge in [0.1, 0.15) is 0 Å². The van der Waals surface area contributed by atoms with E-state index in [1.165, 1.54) is 244 Å². The van der Waals surface area contributed by atoms with Crippen LogP contribution >= 0.6 is 0 Å². The van der Waals surface area contributed by atoms with Crippen LogP contribution in [0.25, 0.3) is 0 Å². The molecule has 2 heteroatoms. The van der Waals surface area contributed by atoms with E-state index >= 15 is 0 Å². The van der Waals surface area contributed by atoms with Gasteiger partial charge in [-0.2, -0.15) is 0 Å². The fraction of sp³-hybridized carbons (Fsp3) is 1.00. The van der Waals surface area contributed by atoms with Crippen LogP contribution in [0, 0.1) is 0 Å². The second-order valence-corrected chi connectivity index (χ2v) is 15.4. The molecule has 0 aliphatic carbocycles. The van der Waals surface area contributed by atoms with Crippen LogP contribution in [0.4, 0.5) is 0 Å². The van der Waals surface area contributed by atoms with Gasteiger partial charge in [-0.25, -0.2) is 0 Å². The third kappa shape index (κ3) is 41.9. The van der Waals surface area contributed by atoms with Crippen molar-refractivity contribution >= 4 is 0 Å². The highest BCUT2D eigenvalue weighted by molar-refractivity contribution is 4.58. The van der Waals surface area contributed by atoms with Crippen molar-refractivity contribution in [1.82, 2.24) is 0 Å². The van der Waals surface area contributed by atoms with E-state index in [2.05, 4.69) is 6.92 Å². The summed E-state index contributed by atoms with van der Waals surface area (Å²) in [7, 11) is 0. The molecule has 0 radical (unpaired) electrons. The highest BCUT2D eigenvalue weighted by Crippen LogP contribution is 2.18. The number of rotatable bonds is 42. The van der Waals surface area contributed by atoms with E-state index in [9.17, 15) is 5.11 Å². The van der Waals surface area contributed by atoms with Gasteiger partial charge in [-0.05, 0) is 19.3 Å². The first kappa shape index (κ1) is 45.9. The van der Waals surface area contributed by atoms with Crippen molar-refractivity contribution < 1.29 is 10.2 Å². The van der Waals surface area contributed by atoms with E-state index in [0.717, 1.165) is 19.3 Å². The first-order chi connectivity index (χ1) is 22.8. The molecule has 0 saturated carbocycles. The lowest BCUT2D eigenvalue weighted by atomic mass is 10.0. The number of aliphatic hydroxyl groups is 2. The molecule has 0 fully saturated rings. The fourth-order valence-electron chi connectivity index (χ4n) is 7.28. The second kappa shape index (κ2) is 42.9. The molecule has 0 heterocycles. The zero-order valence-electron chi connectivity index (χ0n) is 32.2. The van der Waals surface area contributed by atoms with E-state index < -0.39 is 0 Å². The van der Waals surface area contributed by atoms with E-state index in [1.54, 1.807) is 0 Å². The summed E-state index contributed by atoms with van der Waals surface area (Å²) < 4.78 is 0. The quantitative estimate of drug-likeness (QED) is 0.0645. The van der Waals surface area contributed by atoms with Gasteiger partial charge in [0.25, 0.3) is 0 Å². The predicted molar refractivity (Wildman–Crippen MR) is 208 cm³/mol. The van der Waals surface area contributed by atoms with Crippen LogP contribution in [-0.4, -0.2) is 22.9 Å². The Bertz CT molecular complexity index is 506. The minimum Gasteiger partial charge on any atom is -0.396 e. The predicted octanol–water partition coefficient (Wildman–Crippen LogP) is 15.4. The first-order valence-electron chi connectivity index (χ1n) is 22.1. The molecule has 0 rings (SSSR count). The summed E-state index contributed by atoms with van der Waals surface area (Å²) in [6.07, 6.45) is 56.5. The van der Waals surface area contributed by atoms with Crippen LogP contribution in [-0.2, 0) is 0 Å². The Morgan fingerprint density at radius 1 is 0.261 bits per heavy atom. The summed E-state index contributed by atoms with van der Waals surface area (Å²) in [4.78, 5) is 0. The summed E-state index contributed by atoms with van der Waals surface area (Å²) in [6.45, 7) is 2.67. The molecule has 0 aromatic heterocycles. The highest BCUT2D eigenvalue weighted by Gasteiger charge is 2.04. The largest absolute Gasteiger partial charge is 0.396 e. The fourth-order valence-corrected chi connectivity index (χ4v) is 7.28. The van der Waals surface area contributed by atoms with Crippen LogP contribution in [0.2, 0.25) is 0 Å². The summed E-state index contributed by atoms with van der Waals surface area (Å²) in [5, 5.41) is 19.1. The monoisotopic (exact) mass is 651 g/mol. The Hall–Kier alpha value is -0.0800. The zero-order chi connectivity index (χ0) is 33.3. The highest BCUT2D eigenvalue weighted by atomic mass is 16.3. The SMILES string of the molecule is CCCCCCCCCCCCCCCCCCCCCCCCCC(O)CCCCCCCCCCCCCCCCCCO. The van der Waals surface area contributed by atoms with Crippen LogP contribution in [0.3, 0.4) is 0 Å². The molecule has 1 unspecified atom stereocenters. The van der Waals surface area contributed by atoms with Gasteiger partial charge in [0.2, 0.25) is 0 Å². The number of aliphatic hydroxyl groups excluding tert-OH is 2. The normalized spacial score (nSPS) is 12.3. The van der Waals surface area contributed by atoms with E-state index in [1.807, 2.05) is 0 Å². The van der Waals surface area contributed by atoms with Gasteiger partial charge in [-0.1, -0.05) is 251 Å². The molecule has 0 saturated heterocycles. The minimum atomic E-state index is -0.0459. The van der Waals surface area contributed by atoms with E-state index in [-0.39, 0.29) is 6.10 Å². The van der Waals surface area contributed by atoms with E-state index in [4.69, 9.17) is 5.11 Å². The molecule has 1 atom stereocenters. The maximum absolute atomic E-state index is 10.3. The van der Waals surface area contributed by atoms with Gasteiger partial charge < -0.3 is 10.2 Å². The van der Waals surface area contributed by atoms with Gasteiger partial charge in [0, 0.05) is 6.61 Å². The summed E-state index contributed by atoms with van der Waals surface area (Å²) in [5.74, 6) is 0. The minimum absolute atomic E-state index is 0.0459. The van der Waals surface area contributed by atoms with Crippen LogP contribution < -0.4 is 0 Å². The smallest absolute Gasteiger partial charge is 0.0540 e. The van der Waals surface area contributed by atoms with Crippen molar-refractivity contribution in [3.8, 4) is 0 Å². The molecule has 46 heavy (non-hydrogen) atoms. The van der Waals surface area contributed by atoms with Crippen molar-refractivity contribution in [1.29, 1.82) is 0 Å². The summed E-state index contributed by atoms with van der Waals surface area (Å²) in [5.41, 5.74) is 0. The van der Waals surface area contributed by atoms with Crippen molar-refractivity contribution in [3.05, 3.63) is 0 Å². The second-order valence-electron chi connectivity index (χ2n) is 15.4. The van der Waals surface area contributed by atoms with Gasteiger partial charge in [0.05, 0.1) is 6.10 Å². The van der Waals surface area contributed by atoms with Crippen molar-refractivity contribution in [2.75, 3.05) is 6.61 Å². The van der Waals surface area contributed by atoms with Crippen LogP contribution in [0.1, 0.15) is 270 Å². The molecule has 0 aromatic rings. The number of hydrogen-bond acceptors (Lipinski definition) is 2. The number of unbranched alkanes of at least 4 members (excludes halogenated alkanes) is 37. The average molecular weight is 651 g/mol. The summed E-state index contributed by atoms with van der Waals surface area (Å²) in [6, 6.07) is 0. The molecular weight excluding hydrogens is 560 g/mol. The number of hydrogen-bond donors (Lipinski definition) is 2. The molecule has 0 aromatic carbocycles. The molecule has 0 bridgehead atoms. The molecule has 0 aliphatic rings. The van der Waals surface area contributed by atoms with Crippen molar-refractivity contribution in [2.45, 2.75) is 276 Å². The van der Waals surface area contributed by atoms with Crippen LogP contribution in [0.15, 0.2) is 0 Å². The molecule has 0 aliphatic heterocycles. The molecule has 2 N–H and O–H groups in total. The topological polar surface area (TPSA) is 40.5 Å². The Balaban J connectivity index is 3.13. The third-order valence-corrected chi connectivity index (χ3v) is 10.6. The maximum Gasteiger partial charge on any atom is 0.0540 e. The van der Waals surface area contributed by atoms with E-state index in [0.29, 0.717) is 6.61 Å². The molecule has 2 nitrogen and oxygen atoms in total. The van der Waals surface area contributed by atoms with Gasteiger partial charge >= 0.3 is 0 Å². The average Bonchev–Trinajstić information content (AvgIpc) is 3.06. The first-order valence-corrected chi connectivity index (χ1v) is 22.1. The molecular formula is C44H90O2. The van der Waals surface area contributed by atoms with Crippen molar-refractivity contribution in [3.63, 3.8) is 0 Å². The van der Waals surface area contributed by atoms with Gasteiger partial charge in [-0.3, -0.25) is 0 Å². The van der Waals surface area contributed by atoms with Crippen molar-refractivity contribution in [2.24, 2.45) is 0 Å². The lowest BCUT2D eigenvalue weighted by Gasteiger charge is -2.10. The lowest BCUT2D eigenvalue weighted by Crippen LogP contribution is -2.05. The van der Waals surface area contributed by atoms with Crippen LogP contribution in [0.5, 0.6) is 0 Å². The van der Waals surface area contributed by atoms with Gasteiger partial charge in [-0.15, -0.1) is 0 Å². The Morgan fingerprint density at radius 2 is 0.435 bits per heavy atom. The maximum atomic E-state index is 10.3. The van der Waals surface area contributed by atoms with Gasteiger partial charge in [0.15, 0.2) is 0 Å². The summed E-state index contributed by atoms with van der Waals surface area (Å²) >= 11 is 0. The standard InChI is InChI=1S/C44H90O2/c1-2-3-4-5-6-7-8-9-10-11-12-13-14-15-16-17-20-23-26-29-32-35-38-41-44(46)42-39-36-33-30-27-24-21-18-19-22-25-28-31-34-37-40-43-45/h44-46H,2-43H2,1H3. The Labute approximate surface area is 292 Å². The molecule has 278 valence electrons. The zero-order valence-corrected chi connectivity index (χ0v) is 32.2. The molecule has 0 amide bonds. The lowest BCUT2D eigenvalue weighted by molar-refractivity contribution is 0.147. The molecule has 0 spiro atoms. The Kier molecular flexibility index (Phi) is 42.9.